The smallest absolute Gasteiger partial charge is 0.299 e. The number of Topliss-reactive ketones (excluding diaryl/α,β-unsaturated/α-hetero) is 1. The van der Waals surface area contributed by atoms with E-state index in [0.29, 0.717) is 22.8 Å². The van der Waals surface area contributed by atoms with Crippen LogP contribution in [0.25, 0.3) is 0 Å². The Morgan fingerprint density at radius 1 is 1.10 bits per heavy atom. The first-order valence-corrected chi connectivity index (χ1v) is 7.07. The fourth-order valence-corrected chi connectivity index (χ4v) is 2.94. The first-order valence-electron chi connectivity index (χ1n) is 6.70. The van der Waals surface area contributed by atoms with Crippen molar-refractivity contribution in [3.8, 4) is 0 Å². The van der Waals surface area contributed by atoms with Crippen molar-refractivity contribution in [2.75, 3.05) is 4.90 Å². The van der Waals surface area contributed by atoms with Crippen molar-refractivity contribution in [3.05, 3.63) is 63.7 Å². The highest BCUT2D eigenvalue weighted by atomic mass is 35.5. The molecule has 1 aliphatic rings. The van der Waals surface area contributed by atoms with Gasteiger partial charge in [-0.25, -0.2) is 0 Å². The Kier molecular flexibility index (Phi) is 3.30. The van der Waals surface area contributed by atoms with Gasteiger partial charge >= 0.3 is 0 Å². The van der Waals surface area contributed by atoms with E-state index in [9.17, 15) is 9.59 Å². The summed E-state index contributed by atoms with van der Waals surface area (Å²) >= 11 is 6.24. The van der Waals surface area contributed by atoms with Crippen LogP contribution in [0.5, 0.6) is 0 Å². The summed E-state index contributed by atoms with van der Waals surface area (Å²) in [7, 11) is 0. The number of hydrogen-bond acceptors (Lipinski definition) is 2. The average molecular weight is 300 g/mol. The summed E-state index contributed by atoms with van der Waals surface area (Å²) in [6.45, 7) is 4.16. The van der Waals surface area contributed by atoms with Gasteiger partial charge in [-0.05, 0) is 42.7 Å². The van der Waals surface area contributed by atoms with E-state index in [1.165, 1.54) is 4.90 Å². The van der Waals surface area contributed by atoms with Crippen molar-refractivity contribution in [2.45, 2.75) is 20.4 Å². The number of carbonyl (C=O) groups excluding carboxylic acids is 2. The van der Waals surface area contributed by atoms with Crippen LogP contribution in [0.2, 0.25) is 5.02 Å². The van der Waals surface area contributed by atoms with Gasteiger partial charge in [-0.2, -0.15) is 0 Å². The van der Waals surface area contributed by atoms with Gasteiger partial charge in [-0.15, -0.1) is 0 Å². The Balaban J connectivity index is 2.04. The molecule has 2 aromatic rings. The zero-order valence-corrected chi connectivity index (χ0v) is 12.6. The number of rotatable bonds is 2. The number of aryl methyl sites for hydroxylation is 2. The summed E-state index contributed by atoms with van der Waals surface area (Å²) in [4.78, 5) is 25.8. The predicted molar refractivity (Wildman–Crippen MR) is 82.9 cm³/mol. The predicted octanol–water partition coefficient (Wildman–Crippen LogP) is 3.69. The van der Waals surface area contributed by atoms with Crippen LogP contribution < -0.4 is 4.90 Å². The highest BCUT2D eigenvalue weighted by Crippen LogP contribution is 2.34. The Labute approximate surface area is 128 Å². The van der Waals surface area contributed by atoms with Gasteiger partial charge in [0.1, 0.15) is 0 Å². The first kappa shape index (κ1) is 13.8. The number of para-hydroxylation sites is 1. The zero-order valence-electron chi connectivity index (χ0n) is 11.8. The van der Waals surface area contributed by atoms with E-state index in [1.807, 2.05) is 38.1 Å². The number of hydrogen-bond donors (Lipinski definition) is 0. The molecule has 4 heteroatoms. The van der Waals surface area contributed by atoms with Crippen LogP contribution >= 0.6 is 11.6 Å². The molecule has 1 amide bonds. The maximum atomic E-state index is 12.2. The van der Waals surface area contributed by atoms with Crippen LogP contribution in [0, 0.1) is 13.8 Å². The van der Waals surface area contributed by atoms with Gasteiger partial charge in [0.15, 0.2) is 0 Å². The normalized spacial score (nSPS) is 13.8. The van der Waals surface area contributed by atoms with Gasteiger partial charge < -0.3 is 4.90 Å². The second kappa shape index (κ2) is 5.01. The van der Waals surface area contributed by atoms with Crippen molar-refractivity contribution < 1.29 is 9.59 Å². The molecule has 0 radical (unpaired) electrons. The van der Waals surface area contributed by atoms with Gasteiger partial charge in [0.25, 0.3) is 11.7 Å². The van der Waals surface area contributed by atoms with Gasteiger partial charge in [-0.3, -0.25) is 9.59 Å². The van der Waals surface area contributed by atoms with E-state index in [2.05, 4.69) is 0 Å². The lowest BCUT2D eigenvalue weighted by atomic mass is 10.1. The summed E-state index contributed by atoms with van der Waals surface area (Å²) < 4.78 is 0. The van der Waals surface area contributed by atoms with Crippen LogP contribution in [-0.4, -0.2) is 11.7 Å². The molecule has 1 aliphatic heterocycles. The Morgan fingerprint density at radius 2 is 1.86 bits per heavy atom. The van der Waals surface area contributed by atoms with Crippen molar-refractivity contribution >= 4 is 29.0 Å². The zero-order chi connectivity index (χ0) is 15.1. The van der Waals surface area contributed by atoms with Crippen molar-refractivity contribution in [2.24, 2.45) is 0 Å². The fourth-order valence-electron chi connectivity index (χ4n) is 2.64. The third kappa shape index (κ3) is 2.24. The monoisotopic (exact) mass is 299 g/mol. The molecular weight excluding hydrogens is 286 g/mol. The largest absolute Gasteiger partial charge is 0.300 e. The number of benzene rings is 2. The molecule has 0 atom stereocenters. The summed E-state index contributed by atoms with van der Waals surface area (Å²) in [6.07, 6.45) is 0. The molecule has 21 heavy (non-hydrogen) atoms. The topological polar surface area (TPSA) is 37.4 Å². The van der Waals surface area contributed by atoms with Gasteiger partial charge in [-0.1, -0.05) is 35.9 Å². The second-order valence-electron chi connectivity index (χ2n) is 5.29. The van der Waals surface area contributed by atoms with Crippen LogP contribution in [-0.2, 0) is 11.3 Å². The van der Waals surface area contributed by atoms with Crippen molar-refractivity contribution in [3.63, 3.8) is 0 Å². The Morgan fingerprint density at radius 3 is 2.57 bits per heavy atom. The maximum absolute atomic E-state index is 12.2. The lowest BCUT2D eigenvalue weighted by Crippen LogP contribution is -2.29. The summed E-state index contributed by atoms with van der Waals surface area (Å²) in [5.74, 6) is -0.937. The number of ketones is 1. The molecule has 0 aromatic heterocycles. The van der Waals surface area contributed by atoms with Gasteiger partial charge in [0.2, 0.25) is 0 Å². The highest BCUT2D eigenvalue weighted by Gasteiger charge is 2.36. The molecule has 0 unspecified atom stereocenters. The third-order valence-corrected chi connectivity index (χ3v) is 4.08. The minimum Gasteiger partial charge on any atom is -0.300 e. The van der Waals surface area contributed by atoms with Gasteiger partial charge in [0.05, 0.1) is 17.8 Å². The van der Waals surface area contributed by atoms with Crippen molar-refractivity contribution in [1.29, 1.82) is 0 Å². The lowest BCUT2D eigenvalue weighted by Gasteiger charge is -2.19. The molecule has 0 fully saturated rings. The summed E-state index contributed by atoms with van der Waals surface area (Å²) in [6, 6.07) is 11.1. The molecule has 1 heterocycles. The quantitative estimate of drug-likeness (QED) is 0.793. The molecule has 0 spiro atoms. The van der Waals surface area contributed by atoms with Crippen molar-refractivity contribution in [1.82, 2.24) is 0 Å². The number of fused-ring (bicyclic) bond motifs is 1. The molecule has 2 aromatic carbocycles. The number of halogens is 1. The van der Waals surface area contributed by atoms with E-state index in [1.54, 1.807) is 12.1 Å². The lowest BCUT2D eigenvalue weighted by molar-refractivity contribution is -0.114. The number of amides is 1. The van der Waals surface area contributed by atoms with Crippen LogP contribution in [0.3, 0.4) is 0 Å². The van der Waals surface area contributed by atoms with Crippen LogP contribution in [0.1, 0.15) is 27.0 Å². The molecule has 3 rings (SSSR count). The second-order valence-corrected chi connectivity index (χ2v) is 5.69. The standard InChI is InChI=1S/C17H14ClNO2/c1-10-6-7-12(14(18)8-10)9-19-15-11(2)4-3-5-13(15)16(20)17(19)21/h3-8H,9H2,1-2H3. The molecule has 0 N–H and O–H groups in total. The molecule has 3 nitrogen and oxygen atoms in total. The van der Waals surface area contributed by atoms with Crippen LogP contribution in [0.15, 0.2) is 36.4 Å². The fraction of sp³-hybridized carbons (Fsp3) is 0.176. The van der Waals surface area contributed by atoms with Gasteiger partial charge in [0, 0.05) is 5.02 Å². The molecule has 0 bridgehead atoms. The van der Waals surface area contributed by atoms with Crippen LogP contribution in [0.4, 0.5) is 5.69 Å². The summed E-state index contributed by atoms with van der Waals surface area (Å²) in [5, 5.41) is 0.609. The number of nitrogens with zero attached hydrogens (tertiary/aromatic N) is 1. The van der Waals surface area contributed by atoms with E-state index in [-0.39, 0.29) is 0 Å². The van der Waals surface area contributed by atoms with E-state index < -0.39 is 11.7 Å². The Hall–Kier alpha value is -2.13. The molecule has 106 valence electrons. The number of anilines is 1. The molecule has 0 saturated carbocycles. The third-order valence-electron chi connectivity index (χ3n) is 3.73. The van der Waals surface area contributed by atoms with E-state index >= 15 is 0 Å². The number of carbonyl (C=O) groups is 2. The molecular formula is C17H14ClNO2. The average Bonchev–Trinajstić information content (AvgIpc) is 2.68. The maximum Gasteiger partial charge on any atom is 0.299 e. The van der Waals surface area contributed by atoms with E-state index in [0.717, 1.165) is 16.7 Å². The molecule has 0 aliphatic carbocycles. The van der Waals surface area contributed by atoms with E-state index in [4.69, 9.17) is 11.6 Å². The Bertz CT molecular complexity index is 767. The summed E-state index contributed by atoms with van der Waals surface area (Å²) in [5.41, 5.74) is 3.98. The first-order chi connectivity index (χ1) is 9.99. The SMILES string of the molecule is Cc1ccc(CN2C(=O)C(=O)c3cccc(C)c32)c(Cl)c1. The highest BCUT2D eigenvalue weighted by molar-refractivity contribution is 6.52. The minimum absolute atomic E-state index is 0.307. The minimum atomic E-state index is -0.490. The molecule has 0 saturated heterocycles.